The highest BCUT2D eigenvalue weighted by molar-refractivity contribution is 7.87. The Kier molecular flexibility index (Phi) is 6.73. The van der Waals surface area contributed by atoms with Gasteiger partial charge in [0.1, 0.15) is 34.5 Å². The molecule has 0 bridgehead atoms. The molecule has 0 spiro atoms. The highest BCUT2D eigenvalue weighted by Gasteiger charge is 2.27. The molecule has 2 heterocycles. The van der Waals surface area contributed by atoms with Crippen molar-refractivity contribution >= 4 is 27.5 Å². The Hall–Kier alpha value is -4.44. The molecule has 0 saturated heterocycles. The second-order valence-electron chi connectivity index (χ2n) is 8.85. The summed E-state index contributed by atoms with van der Waals surface area (Å²) in [5, 5.41) is 2.81. The van der Waals surface area contributed by atoms with Gasteiger partial charge in [-0.1, -0.05) is 29.8 Å². The van der Waals surface area contributed by atoms with Gasteiger partial charge < -0.3 is 14.2 Å². The number of hydrogen-bond acceptors (Lipinski definition) is 6. The van der Waals surface area contributed by atoms with Gasteiger partial charge in [0.05, 0.1) is 17.9 Å². The zero-order chi connectivity index (χ0) is 26.9. The van der Waals surface area contributed by atoms with Gasteiger partial charge in [0.15, 0.2) is 0 Å². The van der Waals surface area contributed by atoms with Crippen LogP contribution in [-0.4, -0.2) is 19.4 Å². The number of nitrogens with zero attached hydrogens (tertiary/aromatic N) is 2. The number of aryl methyl sites for hydroxylation is 2. The van der Waals surface area contributed by atoms with Crippen LogP contribution < -0.4 is 19.1 Å². The van der Waals surface area contributed by atoms with E-state index in [1.165, 1.54) is 36.5 Å². The standard InChI is InChI=1S/C28H24FN3O5S/c1-18-5-11-23(12-6-18)38(34,35)37-22-10-8-20-16-32(28(33)31-25(20)14-22)27-15-21(9-7-19(27)2)36-17-26-24(29)4-3-13-30-26/h3-15H,16-17H2,1-2H3,(H,31,33). The topological polar surface area (TPSA) is 97.8 Å². The van der Waals surface area contributed by atoms with Crippen LogP contribution >= 0.6 is 0 Å². The molecule has 3 aromatic carbocycles. The molecule has 0 unspecified atom stereocenters. The summed E-state index contributed by atoms with van der Waals surface area (Å²) in [6.07, 6.45) is 1.49. The van der Waals surface area contributed by atoms with Crippen molar-refractivity contribution in [2.45, 2.75) is 31.9 Å². The highest BCUT2D eigenvalue weighted by Crippen LogP contribution is 2.34. The van der Waals surface area contributed by atoms with Crippen LogP contribution in [0.1, 0.15) is 22.4 Å². The summed E-state index contributed by atoms with van der Waals surface area (Å²) < 4.78 is 50.3. The van der Waals surface area contributed by atoms with Crippen molar-refractivity contribution in [3.05, 3.63) is 107 Å². The molecule has 10 heteroatoms. The molecule has 0 aliphatic carbocycles. The quantitative estimate of drug-likeness (QED) is 0.305. The molecule has 0 atom stereocenters. The average Bonchev–Trinajstić information content (AvgIpc) is 2.89. The van der Waals surface area contributed by atoms with Gasteiger partial charge in [0, 0.05) is 18.3 Å². The summed E-state index contributed by atoms with van der Waals surface area (Å²) in [4.78, 5) is 18.6. The fraction of sp³-hybridized carbons (Fsp3) is 0.143. The average molecular weight is 534 g/mol. The number of nitrogens with one attached hydrogen (secondary N) is 1. The Morgan fingerprint density at radius 2 is 1.76 bits per heavy atom. The van der Waals surface area contributed by atoms with E-state index in [1.54, 1.807) is 41.3 Å². The number of urea groups is 1. The molecule has 4 aromatic rings. The zero-order valence-electron chi connectivity index (χ0n) is 20.6. The van der Waals surface area contributed by atoms with Gasteiger partial charge in [-0.15, -0.1) is 0 Å². The number of aromatic nitrogens is 1. The van der Waals surface area contributed by atoms with Crippen molar-refractivity contribution in [2.24, 2.45) is 0 Å². The molecular weight excluding hydrogens is 509 g/mol. The van der Waals surface area contributed by atoms with Crippen LogP contribution in [0.25, 0.3) is 0 Å². The van der Waals surface area contributed by atoms with E-state index in [0.29, 0.717) is 17.1 Å². The van der Waals surface area contributed by atoms with Gasteiger partial charge in [0.2, 0.25) is 0 Å². The highest BCUT2D eigenvalue weighted by atomic mass is 32.2. The van der Waals surface area contributed by atoms with Crippen molar-refractivity contribution in [3.63, 3.8) is 0 Å². The number of anilines is 2. The third-order valence-electron chi connectivity index (χ3n) is 6.09. The maximum absolute atomic E-state index is 13.9. The van der Waals surface area contributed by atoms with E-state index in [-0.39, 0.29) is 29.5 Å². The monoisotopic (exact) mass is 533 g/mol. The van der Waals surface area contributed by atoms with Gasteiger partial charge >= 0.3 is 16.1 Å². The SMILES string of the molecule is Cc1ccc(S(=O)(=O)Oc2ccc3c(c2)NC(=O)N(c2cc(OCc4ncccc4F)ccc2C)C3)cc1. The minimum absolute atomic E-state index is 0.0411. The molecule has 1 aromatic heterocycles. The van der Waals surface area contributed by atoms with Crippen molar-refractivity contribution in [3.8, 4) is 11.5 Å². The first-order valence-electron chi connectivity index (χ1n) is 11.7. The second-order valence-corrected chi connectivity index (χ2v) is 10.4. The maximum atomic E-state index is 13.9. The molecule has 1 aliphatic rings. The predicted molar refractivity (Wildman–Crippen MR) is 140 cm³/mol. The molecule has 1 aliphatic heterocycles. The summed E-state index contributed by atoms with van der Waals surface area (Å²) >= 11 is 0. The Morgan fingerprint density at radius 3 is 2.53 bits per heavy atom. The number of carbonyl (C=O) groups excluding carboxylic acids is 1. The lowest BCUT2D eigenvalue weighted by molar-refractivity contribution is 0.256. The van der Waals surface area contributed by atoms with E-state index >= 15 is 0 Å². The molecule has 0 fully saturated rings. The van der Waals surface area contributed by atoms with E-state index in [2.05, 4.69) is 10.3 Å². The Morgan fingerprint density at radius 1 is 1.00 bits per heavy atom. The van der Waals surface area contributed by atoms with Crippen molar-refractivity contribution in [1.29, 1.82) is 0 Å². The van der Waals surface area contributed by atoms with Crippen molar-refractivity contribution in [2.75, 3.05) is 10.2 Å². The van der Waals surface area contributed by atoms with Crippen LogP contribution in [0.4, 0.5) is 20.6 Å². The van der Waals surface area contributed by atoms with Gasteiger partial charge in [-0.05, 0) is 61.4 Å². The normalized spacial score (nSPS) is 13.0. The number of carbonyl (C=O) groups is 1. The fourth-order valence-electron chi connectivity index (χ4n) is 4.01. The molecule has 38 heavy (non-hydrogen) atoms. The first kappa shape index (κ1) is 25.2. The Bertz CT molecular complexity index is 1620. The van der Waals surface area contributed by atoms with Crippen LogP contribution in [0.2, 0.25) is 0 Å². The minimum atomic E-state index is -4.03. The first-order valence-corrected chi connectivity index (χ1v) is 13.2. The number of hydrogen-bond donors (Lipinski definition) is 1. The van der Waals surface area contributed by atoms with Crippen LogP contribution in [0, 0.1) is 19.7 Å². The third-order valence-corrected chi connectivity index (χ3v) is 7.36. The summed E-state index contributed by atoms with van der Waals surface area (Å²) in [6, 6.07) is 18.8. The molecule has 194 valence electrons. The number of halogens is 1. The zero-order valence-corrected chi connectivity index (χ0v) is 21.5. The summed E-state index contributed by atoms with van der Waals surface area (Å²) in [6.45, 7) is 3.91. The number of rotatable bonds is 7. The number of pyridine rings is 1. The van der Waals surface area contributed by atoms with E-state index in [1.807, 2.05) is 19.9 Å². The lowest BCUT2D eigenvalue weighted by atomic mass is 10.1. The van der Waals surface area contributed by atoms with E-state index < -0.39 is 22.0 Å². The second kappa shape index (κ2) is 10.1. The number of ether oxygens (including phenoxy) is 1. The van der Waals surface area contributed by atoms with Crippen LogP contribution in [0.15, 0.2) is 83.9 Å². The summed E-state index contributed by atoms with van der Waals surface area (Å²) in [5.41, 5.74) is 3.80. The molecule has 1 N–H and O–H groups in total. The largest absolute Gasteiger partial charge is 0.487 e. The summed E-state index contributed by atoms with van der Waals surface area (Å²) in [5.74, 6) is 0.0904. The van der Waals surface area contributed by atoms with Gasteiger partial charge in [-0.2, -0.15) is 8.42 Å². The Balaban J connectivity index is 1.34. The van der Waals surface area contributed by atoms with Gasteiger partial charge in [-0.3, -0.25) is 9.88 Å². The summed E-state index contributed by atoms with van der Waals surface area (Å²) in [7, 11) is -4.03. The van der Waals surface area contributed by atoms with Crippen molar-refractivity contribution < 1.29 is 26.5 Å². The lowest BCUT2D eigenvalue weighted by Crippen LogP contribution is -2.39. The number of fused-ring (bicyclic) bond motifs is 1. The number of amides is 2. The van der Waals surface area contributed by atoms with Gasteiger partial charge in [-0.25, -0.2) is 9.18 Å². The molecule has 0 radical (unpaired) electrons. The molecule has 0 saturated carbocycles. The maximum Gasteiger partial charge on any atom is 0.339 e. The van der Waals surface area contributed by atoms with Crippen LogP contribution in [-0.2, 0) is 23.3 Å². The smallest absolute Gasteiger partial charge is 0.339 e. The molecule has 5 rings (SSSR count). The van der Waals surface area contributed by atoms with Crippen LogP contribution in [0.3, 0.4) is 0 Å². The van der Waals surface area contributed by atoms with Crippen molar-refractivity contribution in [1.82, 2.24) is 4.98 Å². The van der Waals surface area contributed by atoms with E-state index in [4.69, 9.17) is 8.92 Å². The number of benzene rings is 3. The Labute approximate surface area is 219 Å². The third kappa shape index (κ3) is 5.30. The van der Waals surface area contributed by atoms with Gasteiger partial charge in [0.25, 0.3) is 0 Å². The molecule has 2 amide bonds. The van der Waals surface area contributed by atoms with E-state index in [0.717, 1.165) is 16.7 Å². The van der Waals surface area contributed by atoms with E-state index in [9.17, 15) is 17.6 Å². The minimum Gasteiger partial charge on any atom is -0.487 e. The predicted octanol–water partition coefficient (Wildman–Crippen LogP) is 5.74. The molecular formula is C28H24FN3O5S. The lowest BCUT2D eigenvalue weighted by Gasteiger charge is -2.31. The van der Waals surface area contributed by atoms with Crippen LogP contribution in [0.5, 0.6) is 11.5 Å². The fourth-order valence-corrected chi connectivity index (χ4v) is 4.93. The first-order chi connectivity index (χ1) is 18.2. The molecule has 8 nitrogen and oxygen atoms in total.